The van der Waals surface area contributed by atoms with E-state index in [9.17, 15) is 26.7 Å². The summed E-state index contributed by atoms with van der Waals surface area (Å²) < 4.78 is 93.0. The number of anilines is 1. The van der Waals surface area contributed by atoms with Crippen molar-refractivity contribution in [1.82, 2.24) is 15.3 Å². The Morgan fingerprint density at radius 3 is 2.36 bits per heavy atom. The van der Waals surface area contributed by atoms with Gasteiger partial charge in [0.05, 0.1) is 36.1 Å². The lowest BCUT2D eigenvalue weighted by Crippen LogP contribution is -2.32. The molecule has 1 unspecified atom stereocenters. The number of carbonyl (C=O) groups is 1. The maximum absolute atomic E-state index is 15.4. The minimum Gasteiger partial charge on any atom is -0.363 e. The number of carbonyl (C=O) groups excluding carboxylic acids is 1. The molecule has 1 aromatic carbocycles. The van der Waals surface area contributed by atoms with E-state index in [0.717, 1.165) is 6.07 Å². The quantitative estimate of drug-likeness (QED) is 0.462. The minimum absolute atomic E-state index is 0.0359. The van der Waals surface area contributed by atoms with Crippen molar-refractivity contribution in [2.45, 2.75) is 57.7 Å². The maximum Gasteiger partial charge on any atom is 0.266 e. The fourth-order valence-corrected chi connectivity index (χ4v) is 4.06. The summed E-state index contributed by atoms with van der Waals surface area (Å²) in [5.41, 5.74) is -1.34. The predicted molar refractivity (Wildman–Crippen MR) is 115 cm³/mol. The monoisotopic (exact) mass is 518 g/mol. The predicted octanol–water partition coefficient (Wildman–Crippen LogP) is 4.86. The third-order valence-electron chi connectivity index (χ3n) is 6.02. The Morgan fingerprint density at radius 2 is 1.75 bits per heavy atom. The topological polar surface area (TPSA) is 85.4 Å². The van der Waals surface area contributed by atoms with E-state index in [1.807, 2.05) is 0 Å². The lowest BCUT2D eigenvalue weighted by atomic mass is 10.0. The molecule has 7 nitrogen and oxygen atoms in total. The molecule has 0 radical (unpaired) electrons. The Hall–Kier alpha value is -2.93. The molecule has 4 rings (SSSR count). The van der Waals surface area contributed by atoms with E-state index in [2.05, 4.69) is 20.6 Å². The van der Waals surface area contributed by atoms with E-state index in [0.29, 0.717) is 0 Å². The first-order valence-electron chi connectivity index (χ1n) is 11.3. The maximum atomic E-state index is 15.4. The van der Waals surface area contributed by atoms with E-state index < -0.39 is 66.3 Å². The van der Waals surface area contributed by atoms with E-state index in [4.69, 9.17) is 9.47 Å². The van der Waals surface area contributed by atoms with Crippen molar-refractivity contribution < 1.29 is 40.6 Å². The first-order chi connectivity index (χ1) is 17.1. The molecule has 1 aliphatic carbocycles. The van der Waals surface area contributed by atoms with Gasteiger partial charge in [0.15, 0.2) is 6.29 Å². The number of halogens is 6. The molecule has 1 amide bonds. The van der Waals surface area contributed by atoms with E-state index in [-0.39, 0.29) is 42.4 Å². The molecule has 13 heteroatoms. The highest BCUT2D eigenvalue weighted by atomic mass is 19.3. The van der Waals surface area contributed by atoms with Crippen LogP contribution in [-0.4, -0.2) is 41.6 Å². The number of aromatic nitrogens is 2. The average Bonchev–Trinajstić information content (AvgIpc) is 3.38. The van der Waals surface area contributed by atoms with Gasteiger partial charge in [-0.05, 0) is 20.3 Å². The van der Waals surface area contributed by atoms with E-state index in [1.54, 1.807) is 0 Å². The van der Waals surface area contributed by atoms with Crippen LogP contribution in [0, 0.1) is 18.7 Å². The molecule has 1 aliphatic heterocycles. The van der Waals surface area contributed by atoms with Gasteiger partial charge in [-0.15, -0.1) is 0 Å². The Labute approximate surface area is 202 Å². The molecule has 1 saturated heterocycles. The number of ether oxygens (including phenoxy) is 2. The van der Waals surface area contributed by atoms with Gasteiger partial charge in [0.25, 0.3) is 12.3 Å². The second-order valence-electron chi connectivity index (χ2n) is 8.62. The summed E-state index contributed by atoms with van der Waals surface area (Å²) in [6, 6.07) is 1.81. The summed E-state index contributed by atoms with van der Waals surface area (Å²) in [5, 5.41) is 5.12. The molecule has 1 saturated carbocycles. The SMILES string of the molecule is Cc1nc(N[C@H](C)c2cccc(C(F)F)c2F)c(C2OCCO2)c(C(F)C(=O)N[C@H]2C[C@@H]2C(F)F)n1. The first kappa shape index (κ1) is 26.1. The number of alkyl halides is 5. The zero-order valence-electron chi connectivity index (χ0n) is 19.3. The van der Waals surface area contributed by atoms with Crippen LogP contribution in [0.15, 0.2) is 18.2 Å². The van der Waals surface area contributed by atoms with E-state index in [1.165, 1.54) is 26.0 Å². The first-order valence-corrected chi connectivity index (χ1v) is 11.3. The average molecular weight is 518 g/mol. The van der Waals surface area contributed by atoms with Gasteiger partial charge >= 0.3 is 0 Å². The van der Waals surface area contributed by atoms with Gasteiger partial charge in [0.2, 0.25) is 12.6 Å². The van der Waals surface area contributed by atoms with E-state index >= 15 is 4.39 Å². The molecular weight excluding hydrogens is 494 g/mol. The van der Waals surface area contributed by atoms with Gasteiger partial charge in [-0.3, -0.25) is 4.79 Å². The Kier molecular flexibility index (Phi) is 7.69. The van der Waals surface area contributed by atoms with Crippen molar-refractivity contribution >= 4 is 11.7 Å². The second kappa shape index (κ2) is 10.6. The number of hydrogen-bond acceptors (Lipinski definition) is 6. The van der Waals surface area contributed by atoms with Gasteiger partial charge in [0.1, 0.15) is 17.5 Å². The minimum atomic E-state index is -3.03. The van der Waals surface area contributed by atoms with Crippen LogP contribution in [0.1, 0.15) is 66.5 Å². The molecule has 4 atom stereocenters. The van der Waals surface area contributed by atoms with Crippen molar-refractivity contribution in [3.05, 3.63) is 52.2 Å². The lowest BCUT2D eigenvalue weighted by Gasteiger charge is -2.23. The van der Waals surface area contributed by atoms with Gasteiger partial charge in [-0.2, -0.15) is 0 Å². The Balaban J connectivity index is 1.66. The van der Waals surface area contributed by atoms with Crippen molar-refractivity contribution in [1.29, 1.82) is 0 Å². The Bertz CT molecular complexity index is 1120. The number of amides is 1. The zero-order chi connectivity index (χ0) is 26.1. The summed E-state index contributed by atoms with van der Waals surface area (Å²) in [6.45, 7) is 3.22. The third-order valence-corrected chi connectivity index (χ3v) is 6.02. The number of rotatable bonds is 9. The largest absolute Gasteiger partial charge is 0.363 e. The molecule has 0 spiro atoms. The van der Waals surface area contributed by atoms with Crippen LogP contribution in [-0.2, 0) is 14.3 Å². The lowest BCUT2D eigenvalue weighted by molar-refractivity contribution is -0.126. The summed E-state index contributed by atoms with van der Waals surface area (Å²) in [5.74, 6) is -3.31. The fraction of sp³-hybridized carbons (Fsp3) is 0.522. The molecule has 1 aromatic heterocycles. The van der Waals surface area contributed by atoms with Crippen molar-refractivity contribution in [3.63, 3.8) is 0 Å². The standard InChI is InChI=1S/C23H24F6N4O3/c1-9(11-4-3-5-12(16(11)24)19(26)27)30-21-15(23-35-6-7-36-23)18(31-10(2)32-21)17(25)22(34)33-14-8-13(14)20(28)29/h3-5,9,13-14,17,19-20,23H,6-8H2,1-2H3,(H,33,34)(H,30,31,32)/t9-,13+,14+,17?/m1/s1. The molecule has 2 heterocycles. The fourth-order valence-electron chi connectivity index (χ4n) is 4.06. The summed E-state index contributed by atoms with van der Waals surface area (Å²) >= 11 is 0. The smallest absolute Gasteiger partial charge is 0.266 e. The second-order valence-corrected chi connectivity index (χ2v) is 8.62. The van der Waals surface area contributed by atoms with Crippen LogP contribution in [0.5, 0.6) is 0 Å². The number of nitrogens with one attached hydrogen (secondary N) is 2. The molecular formula is C23H24F6N4O3. The van der Waals surface area contributed by atoms with Gasteiger partial charge < -0.3 is 20.1 Å². The normalized spacial score (nSPS) is 21.6. The molecule has 2 N–H and O–H groups in total. The summed E-state index contributed by atoms with van der Waals surface area (Å²) in [6.07, 6.45) is -9.17. The van der Waals surface area contributed by atoms with Crippen LogP contribution in [0.3, 0.4) is 0 Å². The van der Waals surface area contributed by atoms with Gasteiger partial charge in [-0.1, -0.05) is 18.2 Å². The van der Waals surface area contributed by atoms with Crippen LogP contribution >= 0.6 is 0 Å². The highest BCUT2D eigenvalue weighted by Gasteiger charge is 2.46. The Morgan fingerprint density at radius 1 is 1.08 bits per heavy atom. The molecule has 2 fully saturated rings. The zero-order valence-corrected chi connectivity index (χ0v) is 19.3. The number of aryl methyl sites for hydroxylation is 1. The summed E-state index contributed by atoms with van der Waals surface area (Å²) in [7, 11) is 0. The van der Waals surface area contributed by atoms with Crippen molar-refractivity contribution in [2.75, 3.05) is 18.5 Å². The van der Waals surface area contributed by atoms with Crippen LogP contribution in [0.4, 0.5) is 32.2 Å². The van der Waals surface area contributed by atoms with Gasteiger partial charge in [0, 0.05) is 17.5 Å². The molecule has 36 heavy (non-hydrogen) atoms. The molecule has 0 bridgehead atoms. The van der Waals surface area contributed by atoms with Crippen LogP contribution in [0.25, 0.3) is 0 Å². The number of hydrogen-bond donors (Lipinski definition) is 2. The number of benzene rings is 1. The third kappa shape index (κ3) is 5.41. The molecule has 196 valence electrons. The highest BCUT2D eigenvalue weighted by molar-refractivity contribution is 5.83. The summed E-state index contributed by atoms with van der Waals surface area (Å²) in [4.78, 5) is 20.8. The van der Waals surface area contributed by atoms with Crippen molar-refractivity contribution in [3.8, 4) is 0 Å². The van der Waals surface area contributed by atoms with Gasteiger partial charge in [-0.25, -0.2) is 36.3 Å². The van der Waals surface area contributed by atoms with Crippen LogP contribution < -0.4 is 10.6 Å². The highest BCUT2D eigenvalue weighted by Crippen LogP contribution is 2.39. The van der Waals surface area contributed by atoms with Crippen molar-refractivity contribution in [2.24, 2.45) is 5.92 Å². The number of nitrogens with zero attached hydrogens (tertiary/aromatic N) is 2. The molecule has 2 aliphatic rings. The molecule has 2 aromatic rings. The van der Waals surface area contributed by atoms with Crippen LogP contribution in [0.2, 0.25) is 0 Å².